The van der Waals surface area contributed by atoms with Crippen molar-refractivity contribution in [2.24, 2.45) is 5.73 Å². The number of hydrogen-bond donors (Lipinski definition) is 3. The van der Waals surface area contributed by atoms with Gasteiger partial charge in [0.05, 0.1) is 18.2 Å². The van der Waals surface area contributed by atoms with Crippen LogP contribution in [0.25, 0.3) is 0 Å². The van der Waals surface area contributed by atoms with Gasteiger partial charge in [-0.15, -0.1) is 0 Å². The van der Waals surface area contributed by atoms with Crippen molar-refractivity contribution in [1.82, 2.24) is 15.1 Å². The molecule has 8 nitrogen and oxygen atoms in total. The summed E-state index contributed by atoms with van der Waals surface area (Å²) in [4.78, 5) is 28.3. The molecule has 2 aromatic rings. The summed E-state index contributed by atoms with van der Waals surface area (Å²) < 4.78 is 33.1. The summed E-state index contributed by atoms with van der Waals surface area (Å²) in [7, 11) is 0. The Bertz CT molecular complexity index is 1030. The molecule has 3 atom stereocenters. The number of halogens is 2. The lowest BCUT2D eigenvalue weighted by atomic mass is 9.93. The van der Waals surface area contributed by atoms with E-state index in [0.717, 1.165) is 23.8 Å². The fourth-order valence-electron chi connectivity index (χ4n) is 4.38. The van der Waals surface area contributed by atoms with Gasteiger partial charge in [-0.25, -0.2) is 18.4 Å². The number of hydrogen-bond acceptors (Lipinski definition) is 5. The molecule has 0 bridgehead atoms. The van der Waals surface area contributed by atoms with Gasteiger partial charge in [0.25, 0.3) is 0 Å². The van der Waals surface area contributed by atoms with Gasteiger partial charge in [-0.2, -0.15) is 0 Å². The quantitative estimate of drug-likeness (QED) is 0.537. The first-order valence-corrected chi connectivity index (χ1v) is 11.9. The molecule has 0 spiro atoms. The number of benzene rings is 2. The fraction of sp³-hybridized carbons (Fsp3) is 0.462. The zero-order valence-electron chi connectivity index (χ0n) is 20.8. The van der Waals surface area contributed by atoms with Crippen LogP contribution >= 0.6 is 0 Å². The van der Waals surface area contributed by atoms with Crippen LogP contribution in [0, 0.1) is 11.6 Å². The van der Waals surface area contributed by atoms with Gasteiger partial charge in [0, 0.05) is 32.2 Å². The largest absolute Gasteiger partial charge is 0.444 e. The maximum atomic E-state index is 13.8. The van der Waals surface area contributed by atoms with Crippen molar-refractivity contribution in [3.63, 3.8) is 0 Å². The third kappa shape index (κ3) is 7.89. The minimum Gasteiger partial charge on any atom is -0.444 e. The van der Waals surface area contributed by atoms with E-state index in [1.54, 1.807) is 20.8 Å². The molecule has 1 fully saturated rings. The molecule has 0 aliphatic carbocycles. The molecule has 3 amide bonds. The van der Waals surface area contributed by atoms with E-state index >= 15 is 0 Å². The Morgan fingerprint density at radius 1 is 1.11 bits per heavy atom. The molecule has 1 saturated heterocycles. The number of ether oxygens (including phenoxy) is 1. The average molecular weight is 505 g/mol. The highest BCUT2D eigenvalue weighted by Crippen LogP contribution is 2.23. The molecule has 4 N–H and O–H groups in total. The molecule has 2 aromatic carbocycles. The summed E-state index contributed by atoms with van der Waals surface area (Å²) in [6.07, 6.45) is -2.01. The number of aliphatic hydroxyl groups is 1. The Labute approximate surface area is 210 Å². The van der Waals surface area contributed by atoms with Crippen LogP contribution in [0.15, 0.2) is 48.5 Å². The third-order valence-corrected chi connectivity index (χ3v) is 5.89. The number of nitrogens with two attached hydrogens (primary N) is 1. The van der Waals surface area contributed by atoms with E-state index in [-0.39, 0.29) is 25.1 Å². The molecule has 1 aliphatic heterocycles. The van der Waals surface area contributed by atoms with E-state index in [0.29, 0.717) is 13.1 Å². The van der Waals surface area contributed by atoms with E-state index in [9.17, 15) is 23.5 Å². The zero-order chi connectivity index (χ0) is 26.5. The van der Waals surface area contributed by atoms with E-state index in [1.807, 2.05) is 30.3 Å². The molecule has 1 heterocycles. The van der Waals surface area contributed by atoms with Gasteiger partial charge in [0.15, 0.2) is 0 Å². The van der Waals surface area contributed by atoms with Crippen molar-refractivity contribution in [2.75, 3.05) is 19.6 Å². The van der Waals surface area contributed by atoms with Crippen LogP contribution in [0.2, 0.25) is 0 Å². The normalized spacial score (nSPS) is 18.4. The number of urea groups is 1. The number of nitrogens with zero attached hydrogens (tertiary/aromatic N) is 2. The highest BCUT2D eigenvalue weighted by atomic mass is 19.1. The number of amides is 3. The van der Waals surface area contributed by atoms with E-state index in [1.165, 1.54) is 4.90 Å². The van der Waals surface area contributed by atoms with Crippen LogP contribution < -0.4 is 11.1 Å². The van der Waals surface area contributed by atoms with Gasteiger partial charge in [0.1, 0.15) is 17.2 Å². The number of carbonyl (C=O) groups is 2. The molecule has 1 unspecified atom stereocenters. The van der Waals surface area contributed by atoms with Crippen molar-refractivity contribution < 1.29 is 28.2 Å². The topological polar surface area (TPSA) is 108 Å². The minimum atomic E-state index is -1.31. The van der Waals surface area contributed by atoms with Gasteiger partial charge in [-0.1, -0.05) is 30.3 Å². The Hall–Kier alpha value is -3.24. The van der Waals surface area contributed by atoms with Crippen molar-refractivity contribution in [3.05, 3.63) is 71.3 Å². The number of aliphatic hydroxyl groups excluding tert-OH is 1. The molecule has 196 valence electrons. The maximum absolute atomic E-state index is 13.8. The Kier molecular flexibility index (Phi) is 8.86. The molecular formula is C26H34F2N4O4. The van der Waals surface area contributed by atoms with Crippen molar-refractivity contribution in [3.8, 4) is 0 Å². The van der Waals surface area contributed by atoms with Crippen LogP contribution in [-0.4, -0.2) is 70.5 Å². The second kappa shape index (κ2) is 11.7. The van der Waals surface area contributed by atoms with Crippen LogP contribution in [0.1, 0.15) is 31.9 Å². The second-order valence-electron chi connectivity index (χ2n) is 10.0. The summed E-state index contributed by atoms with van der Waals surface area (Å²) in [5.74, 6) is -1.56. The van der Waals surface area contributed by atoms with Gasteiger partial charge >= 0.3 is 12.1 Å². The van der Waals surface area contributed by atoms with Crippen LogP contribution in [0.3, 0.4) is 0 Å². The lowest BCUT2D eigenvalue weighted by Gasteiger charge is -2.45. The van der Waals surface area contributed by atoms with E-state index < -0.39 is 47.5 Å². The van der Waals surface area contributed by atoms with E-state index in [4.69, 9.17) is 10.5 Å². The maximum Gasteiger partial charge on any atom is 0.410 e. The first kappa shape index (κ1) is 27.3. The smallest absolute Gasteiger partial charge is 0.410 e. The predicted octanol–water partition coefficient (Wildman–Crippen LogP) is 3.03. The van der Waals surface area contributed by atoms with Gasteiger partial charge in [-0.3, -0.25) is 9.80 Å². The van der Waals surface area contributed by atoms with Crippen LogP contribution in [0.5, 0.6) is 0 Å². The standard InChI is InChI=1S/C26H34F2N4O4/c1-26(2,3)36-25(35)32-10-9-31(15-17-7-5-4-6-8-17)16-22(32)23(33)21(30-24(29)34)13-18-11-19(27)14-20(28)12-18/h4-8,11-12,14,21-23,33H,9-10,13,15-16H2,1-3H3,(H3,29,30,34)/t21?,22-,23+/m1/s1. The summed E-state index contributed by atoms with van der Waals surface area (Å²) >= 11 is 0. The highest BCUT2D eigenvalue weighted by Gasteiger charge is 2.40. The average Bonchev–Trinajstić information content (AvgIpc) is 2.76. The number of carbonyl (C=O) groups excluding carboxylic acids is 2. The zero-order valence-corrected chi connectivity index (χ0v) is 20.8. The number of rotatable bonds is 7. The molecule has 0 radical (unpaired) electrons. The van der Waals surface area contributed by atoms with E-state index in [2.05, 4.69) is 10.2 Å². The predicted molar refractivity (Wildman–Crippen MR) is 131 cm³/mol. The lowest BCUT2D eigenvalue weighted by molar-refractivity contribution is -0.0409. The molecule has 3 rings (SSSR count). The number of primary amides is 1. The Morgan fingerprint density at radius 2 is 1.75 bits per heavy atom. The second-order valence-corrected chi connectivity index (χ2v) is 10.0. The van der Waals surface area contributed by atoms with Gasteiger partial charge < -0.3 is 20.9 Å². The molecule has 0 aromatic heterocycles. The summed E-state index contributed by atoms with van der Waals surface area (Å²) in [5, 5.41) is 13.9. The highest BCUT2D eigenvalue weighted by molar-refractivity contribution is 5.72. The Balaban J connectivity index is 1.87. The summed E-state index contributed by atoms with van der Waals surface area (Å²) in [6, 6.07) is 10.0. The Morgan fingerprint density at radius 3 is 2.33 bits per heavy atom. The van der Waals surface area contributed by atoms with Crippen molar-refractivity contribution in [2.45, 2.75) is 57.5 Å². The monoisotopic (exact) mass is 504 g/mol. The molecular weight excluding hydrogens is 470 g/mol. The van der Waals surface area contributed by atoms with Crippen molar-refractivity contribution in [1.29, 1.82) is 0 Å². The molecule has 1 aliphatic rings. The first-order valence-electron chi connectivity index (χ1n) is 11.9. The molecule has 36 heavy (non-hydrogen) atoms. The summed E-state index contributed by atoms with van der Waals surface area (Å²) in [6.45, 7) is 6.94. The summed E-state index contributed by atoms with van der Waals surface area (Å²) in [5.41, 5.74) is 5.90. The van der Waals surface area contributed by atoms with Gasteiger partial charge in [-0.05, 0) is 50.5 Å². The third-order valence-electron chi connectivity index (χ3n) is 5.89. The first-order chi connectivity index (χ1) is 16.9. The lowest BCUT2D eigenvalue weighted by Crippen LogP contribution is -2.64. The fourth-order valence-corrected chi connectivity index (χ4v) is 4.38. The molecule has 10 heteroatoms. The van der Waals surface area contributed by atoms with Crippen LogP contribution in [-0.2, 0) is 17.7 Å². The number of piperazine rings is 1. The number of nitrogens with one attached hydrogen (secondary N) is 1. The van der Waals surface area contributed by atoms with Crippen LogP contribution in [0.4, 0.5) is 18.4 Å². The SMILES string of the molecule is CC(C)(C)OC(=O)N1CCN(Cc2ccccc2)C[C@@H]1[C@@H](O)C(Cc1cc(F)cc(F)c1)NC(N)=O. The van der Waals surface area contributed by atoms with Gasteiger partial charge in [0.2, 0.25) is 0 Å². The molecule has 0 saturated carbocycles. The minimum absolute atomic E-state index is 0.101. The van der Waals surface area contributed by atoms with Crippen molar-refractivity contribution >= 4 is 12.1 Å².